The number of carbonyl (C=O) groups is 1. The molecule has 1 N–H and O–H groups in total. The van der Waals surface area contributed by atoms with E-state index in [4.69, 9.17) is 13.6 Å². The van der Waals surface area contributed by atoms with Crippen LogP contribution >= 0.6 is 0 Å². The fraction of sp³-hybridized carbons (Fsp3) is 0.304. The van der Waals surface area contributed by atoms with Gasteiger partial charge < -0.3 is 18.7 Å². The Bertz CT molecular complexity index is 1090. The van der Waals surface area contributed by atoms with Crippen molar-refractivity contribution < 1.29 is 23.5 Å². The van der Waals surface area contributed by atoms with Crippen molar-refractivity contribution in [2.45, 2.75) is 31.8 Å². The number of fused-ring (bicyclic) bond motifs is 1. The maximum absolute atomic E-state index is 12.5. The van der Waals surface area contributed by atoms with Crippen LogP contribution in [0.5, 0.6) is 5.75 Å². The average molecular weight is 409 g/mol. The number of benzene rings is 1. The normalized spacial score (nSPS) is 14.8. The zero-order valence-electron chi connectivity index (χ0n) is 16.7. The van der Waals surface area contributed by atoms with E-state index in [1.165, 1.54) is 30.6 Å². The Morgan fingerprint density at radius 1 is 1.23 bits per heavy atom. The number of methoxy groups -OCH3 is 1. The van der Waals surface area contributed by atoms with Gasteiger partial charge in [0.15, 0.2) is 5.76 Å². The van der Waals surface area contributed by atoms with Crippen molar-refractivity contribution in [1.29, 1.82) is 0 Å². The fourth-order valence-electron chi connectivity index (χ4n) is 3.84. The maximum atomic E-state index is 12.5. The molecule has 0 saturated carbocycles. The molecule has 0 fully saturated rings. The second-order valence-electron chi connectivity index (χ2n) is 7.37. The summed E-state index contributed by atoms with van der Waals surface area (Å²) >= 11 is 0. The van der Waals surface area contributed by atoms with E-state index in [9.17, 15) is 14.7 Å². The lowest BCUT2D eigenvalue weighted by atomic mass is 9.97. The van der Waals surface area contributed by atoms with E-state index in [1.807, 2.05) is 12.1 Å². The monoisotopic (exact) mass is 409 g/mol. The van der Waals surface area contributed by atoms with Crippen molar-refractivity contribution in [2.75, 3.05) is 13.7 Å². The molecule has 3 aromatic rings. The summed E-state index contributed by atoms with van der Waals surface area (Å²) in [6, 6.07) is 12.9. The Labute approximate surface area is 173 Å². The van der Waals surface area contributed by atoms with Gasteiger partial charge in [-0.1, -0.05) is 24.3 Å². The van der Waals surface area contributed by atoms with Gasteiger partial charge >= 0.3 is 5.97 Å². The van der Waals surface area contributed by atoms with E-state index < -0.39 is 23.1 Å². The Hall–Kier alpha value is -3.32. The van der Waals surface area contributed by atoms with E-state index >= 15 is 0 Å². The summed E-state index contributed by atoms with van der Waals surface area (Å²) in [5.74, 6) is -0.946. The molecular weight excluding hydrogens is 386 g/mol. The van der Waals surface area contributed by atoms with Gasteiger partial charge in [-0.25, -0.2) is 0 Å². The first-order valence-electron chi connectivity index (χ1n) is 9.80. The molecule has 4 rings (SSSR count). The first-order chi connectivity index (χ1) is 14.5. The van der Waals surface area contributed by atoms with Crippen molar-refractivity contribution in [3.05, 3.63) is 87.4 Å². The molecule has 0 unspecified atom stereocenters. The molecule has 30 heavy (non-hydrogen) atoms. The first-order valence-corrected chi connectivity index (χ1v) is 9.80. The molecule has 0 saturated heterocycles. The molecule has 0 aliphatic carbocycles. The molecule has 0 radical (unpaired) electrons. The minimum Gasteiger partial charge on any atom is -0.502 e. The lowest BCUT2D eigenvalue weighted by Gasteiger charge is -2.28. The van der Waals surface area contributed by atoms with E-state index in [0.29, 0.717) is 18.1 Å². The van der Waals surface area contributed by atoms with Gasteiger partial charge in [0.2, 0.25) is 11.2 Å². The number of rotatable bonds is 6. The van der Waals surface area contributed by atoms with Crippen LogP contribution in [0.2, 0.25) is 0 Å². The van der Waals surface area contributed by atoms with Crippen LogP contribution in [0.1, 0.15) is 40.7 Å². The highest BCUT2D eigenvalue weighted by Gasteiger charge is 2.29. The highest BCUT2D eigenvalue weighted by Crippen LogP contribution is 2.34. The number of aromatic hydroxyl groups is 1. The van der Waals surface area contributed by atoms with Crippen LogP contribution < -0.4 is 5.43 Å². The summed E-state index contributed by atoms with van der Waals surface area (Å²) in [7, 11) is 1.28. The van der Waals surface area contributed by atoms with Gasteiger partial charge in [0, 0.05) is 19.2 Å². The van der Waals surface area contributed by atoms with E-state index in [0.717, 1.165) is 19.5 Å². The highest BCUT2D eigenvalue weighted by molar-refractivity contribution is 5.71. The van der Waals surface area contributed by atoms with Crippen LogP contribution in [0, 0.1) is 0 Å². The fourth-order valence-corrected chi connectivity index (χ4v) is 3.84. The topological polar surface area (TPSA) is 93.1 Å². The van der Waals surface area contributed by atoms with E-state index in [2.05, 4.69) is 17.0 Å². The molecule has 2 aromatic heterocycles. The Morgan fingerprint density at radius 3 is 2.77 bits per heavy atom. The maximum Gasteiger partial charge on any atom is 0.306 e. The predicted octanol–water partition coefficient (Wildman–Crippen LogP) is 3.19. The van der Waals surface area contributed by atoms with Crippen molar-refractivity contribution in [3.63, 3.8) is 0 Å². The highest BCUT2D eigenvalue weighted by atomic mass is 16.5. The first kappa shape index (κ1) is 20.0. The van der Waals surface area contributed by atoms with Gasteiger partial charge in [0.25, 0.3) is 0 Å². The minimum absolute atomic E-state index is 0.00950. The molecule has 7 nitrogen and oxygen atoms in total. The third kappa shape index (κ3) is 4.16. The Balaban J connectivity index is 1.63. The number of ether oxygens (including phenoxy) is 1. The van der Waals surface area contributed by atoms with Gasteiger partial charge in [-0.15, -0.1) is 0 Å². The largest absolute Gasteiger partial charge is 0.502 e. The quantitative estimate of drug-likeness (QED) is 0.625. The van der Waals surface area contributed by atoms with Crippen LogP contribution in [-0.2, 0) is 29.0 Å². The summed E-state index contributed by atoms with van der Waals surface area (Å²) in [5, 5.41) is 10.4. The summed E-state index contributed by atoms with van der Waals surface area (Å²) in [6.45, 7) is 2.00. The molecule has 1 atom stereocenters. The van der Waals surface area contributed by atoms with E-state index in [1.54, 1.807) is 12.1 Å². The van der Waals surface area contributed by atoms with Crippen molar-refractivity contribution in [1.82, 2.24) is 4.90 Å². The molecule has 1 aliphatic heterocycles. The second-order valence-corrected chi connectivity index (χ2v) is 7.37. The van der Waals surface area contributed by atoms with Crippen molar-refractivity contribution in [2.24, 2.45) is 0 Å². The Kier molecular flexibility index (Phi) is 5.72. The van der Waals surface area contributed by atoms with Crippen LogP contribution in [-0.4, -0.2) is 29.6 Å². The van der Waals surface area contributed by atoms with Crippen LogP contribution in [0.25, 0.3) is 0 Å². The van der Waals surface area contributed by atoms with Gasteiger partial charge in [-0.05, 0) is 29.7 Å². The Morgan fingerprint density at radius 2 is 2.03 bits per heavy atom. The summed E-state index contributed by atoms with van der Waals surface area (Å²) in [5.41, 5.74) is 2.03. The number of hydrogen-bond acceptors (Lipinski definition) is 7. The molecule has 7 heteroatoms. The van der Waals surface area contributed by atoms with Gasteiger partial charge in [0.1, 0.15) is 11.5 Å². The lowest BCUT2D eigenvalue weighted by Crippen LogP contribution is -2.30. The van der Waals surface area contributed by atoms with Crippen molar-refractivity contribution in [3.8, 4) is 5.75 Å². The molecule has 0 spiro atoms. The number of carbonyl (C=O) groups excluding carboxylic acids is 1. The van der Waals surface area contributed by atoms with Gasteiger partial charge in [-0.2, -0.15) is 0 Å². The van der Waals surface area contributed by atoms with Gasteiger partial charge in [-0.3, -0.25) is 14.5 Å². The molecule has 156 valence electrons. The zero-order chi connectivity index (χ0) is 21.1. The number of furan rings is 1. The lowest BCUT2D eigenvalue weighted by molar-refractivity contribution is -0.141. The van der Waals surface area contributed by atoms with Crippen LogP contribution in [0.15, 0.2) is 62.4 Å². The molecular formula is C23H23NO6. The molecule has 1 aliphatic rings. The number of nitrogens with zero attached hydrogens (tertiary/aromatic N) is 1. The zero-order valence-corrected chi connectivity index (χ0v) is 16.7. The second kappa shape index (κ2) is 8.59. The smallest absolute Gasteiger partial charge is 0.306 e. The molecule has 0 amide bonds. The predicted molar refractivity (Wildman–Crippen MR) is 108 cm³/mol. The minimum atomic E-state index is -0.762. The third-order valence-electron chi connectivity index (χ3n) is 5.39. The summed E-state index contributed by atoms with van der Waals surface area (Å²) < 4.78 is 16.1. The van der Waals surface area contributed by atoms with E-state index in [-0.39, 0.29) is 12.2 Å². The number of esters is 1. The SMILES string of the molecule is COC(=O)C[C@@H](c1ccco1)c1oc(CN2CCc3ccccc3C2)cc(=O)c1O. The van der Waals surface area contributed by atoms with Gasteiger partial charge in [0.05, 0.1) is 32.3 Å². The third-order valence-corrected chi connectivity index (χ3v) is 5.39. The molecule has 0 bridgehead atoms. The van der Waals surface area contributed by atoms with Crippen LogP contribution in [0.4, 0.5) is 0 Å². The standard InChI is InChI=1S/C23H23NO6/c1-28-21(26)12-18(20-7-4-10-29-20)23-22(27)19(25)11-17(30-23)14-24-9-8-15-5-2-3-6-16(15)13-24/h2-7,10-11,18,27H,8-9,12-14H2,1H3/t18-/m0/s1. The average Bonchev–Trinajstić information content (AvgIpc) is 3.29. The number of hydrogen-bond donors (Lipinski definition) is 1. The molecule has 1 aromatic carbocycles. The summed E-state index contributed by atoms with van der Waals surface area (Å²) in [4.78, 5) is 26.6. The molecule has 3 heterocycles. The van der Waals surface area contributed by atoms with Crippen LogP contribution in [0.3, 0.4) is 0 Å². The summed E-state index contributed by atoms with van der Waals surface area (Å²) in [6.07, 6.45) is 2.26. The van der Waals surface area contributed by atoms with Crippen molar-refractivity contribution >= 4 is 5.97 Å².